The molecule has 0 saturated heterocycles. The Balaban J connectivity index is 1.55. The molecule has 3 aromatic carbocycles. The molecule has 0 saturated carbocycles. The van der Waals surface area contributed by atoms with Crippen LogP contribution in [0.15, 0.2) is 78.9 Å². The Kier molecular flexibility index (Phi) is 3.80. The topological polar surface area (TPSA) is 25.0 Å². The van der Waals surface area contributed by atoms with Crippen molar-refractivity contribution in [2.24, 2.45) is 0 Å². The van der Waals surface area contributed by atoms with Gasteiger partial charge in [0.2, 0.25) is 0 Å². The van der Waals surface area contributed by atoms with Crippen LogP contribution in [-0.4, -0.2) is 4.98 Å². The summed E-state index contributed by atoms with van der Waals surface area (Å²) in [6, 6.07) is 26.9. The van der Waals surface area contributed by atoms with Crippen LogP contribution in [0.4, 0.5) is 0 Å². The Hall–Kier alpha value is -3.00. The molecule has 0 radical (unpaired) electrons. The summed E-state index contributed by atoms with van der Waals surface area (Å²) in [6.07, 6.45) is 0. The van der Waals surface area contributed by atoms with Crippen molar-refractivity contribution >= 4 is 10.9 Å². The first-order chi connectivity index (χ1) is 11.8. The third-order valence-corrected chi connectivity index (χ3v) is 4.36. The number of aromatic nitrogens is 1. The van der Waals surface area contributed by atoms with Gasteiger partial charge in [-0.1, -0.05) is 48.5 Å². The van der Waals surface area contributed by atoms with E-state index in [1.54, 1.807) is 0 Å². The number of nitrogens with one attached hydrogen (secondary N) is 1. The quantitative estimate of drug-likeness (QED) is 0.512. The molecular formula is C22H19NO. The third-order valence-electron chi connectivity index (χ3n) is 4.36. The molecule has 0 spiro atoms. The number of para-hydroxylation sites is 1. The number of H-pyrrole nitrogens is 1. The largest absolute Gasteiger partial charge is 0.489 e. The van der Waals surface area contributed by atoms with E-state index < -0.39 is 0 Å². The second-order valence-electron chi connectivity index (χ2n) is 5.97. The average Bonchev–Trinajstić information content (AvgIpc) is 2.98. The first-order valence-electron chi connectivity index (χ1n) is 8.16. The summed E-state index contributed by atoms with van der Waals surface area (Å²) in [7, 11) is 0. The molecule has 2 nitrogen and oxygen atoms in total. The van der Waals surface area contributed by atoms with Crippen molar-refractivity contribution in [2.45, 2.75) is 13.5 Å². The maximum absolute atomic E-state index is 5.86. The fourth-order valence-corrected chi connectivity index (χ4v) is 3.03. The number of rotatable bonds is 4. The maximum atomic E-state index is 5.86. The Bertz CT molecular complexity index is 952. The minimum absolute atomic E-state index is 0.589. The van der Waals surface area contributed by atoms with Crippen LogP contribution in [0.1, 0.15) is 11.1 Å². The minimum atomic E-state index is 0.589. The van der Waals surface area contributed by atoms with Crippen LogP contribution in [0.3, 0.4) is 0 Å². The zero-order chi connectivity index (χ0) is 16.4. The molecule has 0 amide bonds. The van der Waals surface area contributed by atoms with Gasteiger partial charge in [0.15, 0.2) is 0 Å². The average molecular weight is 313 g/mol. The summed E-state index contributed by atoms with van der Waals surface area (Å²) in [5, 5.41) is 1.27. The fraction of sp³-hybridized carbons (Fsp3) is 0.0909. The summed E-state index contributed by atoms with van der Waals surface area (Å²) in [4.78, 5) is 3.52. The molecule has 0 atom stereocenters. The molecule has 1 N–H and O–H groups in total. The van der Waals surface area contributed by atoms with Gasteiger partial charge in [-0.15, -0.1) is 0 Å². The van der Waals surface area contributed by atoms with Crippen LogP contribution in [0.2, 0.25) is 0 Å². The molecule has 4 aromatic rings. The summed E-state index contributed by atoms with van der Waals surface area (Å²) < 4.78 is 5.86. The molecule has 1 aromatic heterocycles. The van der Waals surface area contributed by atoms with Gasteiger partial charge < -0.3 is 9.72 Å². The van der Waals surface area contributed by atoms with Crippen molar-refractivity contribution in [1.82, 2.24) is 4.98 Å². The van der Waals surface area contributed by atoms with Crippen molar-refractivity contribution in [1.29, 1.82) is 0 Å². The third kappa shape index (κ3) is 2.79. The highest BCUT2D eigenvalue weighted by Crippen LogP contribution is 2.30. The highest BCUT2D eigenvalue weighted by atomic mass is 16.5. The van der Waals surface area contributed by atoms with E-state index in [1.807, 2.05) is 30.3 Å². The van der Waals surface area contributed by atoms with Crippen molar-refractivity contribution in [3.63, 3.8) is 0 Å². The predicted octanol–water partition coefficient (Wildman–Crippen LogP) is 5.72. The number of hydrogen-bond acceptors (Lipinski definition) is 1. The van der Waals surface area contributed by atoms with E-state index in [0.717, 1.165) is 5.75 Å². The van der Waals surface area contributed by atoms with Gasteiger partial charge in [-0.2, -0.15) is 0 Å². The van der Waals surface area contributed by atoms with Crippen LogP contribution in [0.5, 0.6) is 5.75 Å². The van der Waals surface area contributed by atoms with Crippen molar-refractivity contribution in [2.75, 3.05) is 0 Å². The van der Waals surface area contributed by atoms with Crippen LogP contribution in [-0.2, 0) is 6.61 Å². The van der Waals surface area contributed by atoms with Crippen LogP contribution < -0.4 is 4.74 Å². The number of benzene rings is 3. The lowest BCUT2D eigenvalue weighted by atomic mass is 10.1. The van der Waals surface area contributed by atoms with E-state index in [4.69, 9.17) is 4.74 Å². The van der Waals surface area contributed by atoms with Gasteiger partial charge >= 0.3 is 0 Å². The summed E-state index contributed by atoms with van der Waals surface area (Å²) in [5.41, 5.74) is 5.98. The molecule has 0 aliphatic carbocycles. The summed E-state index contributed by atoms with van der Waals surface area (Å²) in [6.45, 7) is 2.75. The molecule has 0 aliphatic rings. The number of ether oxygens (including phenoxy) is 1. The van der Waals surface area contributed by atoms with E-state index in [-0.39, 0.29) is 0 Å². The zero-order valence-electron chi connectivity index (χ0n) is 13.6. The summed E-state index contributed by atoms with van der Waals surface area (Å²) in [5.74, 6) is 0.886. The molecule has 0 aliphatic heterocycles. The number of aromatic amines is 1. The second-order valence-corrected chi connectivity index (χ2v) is 5.97. The lowest BCUT2D eigenvalue weighted by Gasteiger charge is -2.07. The SMILES string of the molecule is Cc1c(-c2ccc(OCc3ccccc3)cc2)[nH]c2ccccc12. The molecule has 0 fully saturated rings. The fourth-order valence-electron chi connectivity index (χ4n) is 3.03. The second kappa shape index (κ2) is 6.25. The van der Waals surface area contributed by atoms with E-state index in [9.17, 15) is 0 Å². The van der Waals surface area contributed by atoms with Gasteiger partial charge in [0.05, 0.1) is 0 Å². The zero-order valence-corrected chi connectivity index (χ0v) is 13.6. The van der Waals surface area contributed by atoms with Gasteiger partial charge in [0, 0.05) is 16.6 Å². The first-order valence-corrected chi connectivity index (χ1v) is 8.16. The molecule has 2 heteroatoms. The highest BCUT2D eigenvalue weighted by molar-refractivity contribution is 5.90. The Morgan fingerprint density at radius 1 is 0.792 bits per heavy atom. The first kappa shape index (κ1) is 14.6. The molecule has 0 bridgehead atoms. The maximum Gasteiger partial charge on any atom is 0.119 e. The van der Waals surface area contributed by atoms with Crippen molar-refractivity contribution in [3.05, 3.63) is 90.0 Å². The Morgan fingerprint density at radius 3 is 2.25 bits per heavy atom. The minimum Gasteiger partial charge on any atom is -0.489 e. The Labute approximate surface area is 141 Å². The van der Waals surface area contributed by atoms with Gasteiger partial charge in [0.25, 0.3) is 0 Å². The standard InChI is InChI=1S/C22H19NO/c1-16-20-9-5-6-10-21(20)23-22(16)18-11-13-19(14-12-18)24-15-17-7-3-2-4-8-17/h2-14,23H,15H2,1H3. The van der Waals surface area contributed by atoms with E-state index in [1.165, 1.54) is 33.3 Å². The highest BCUT2D eigenvalue weighted by Gasteiger charge is 2.09. The van der Waals surface area contributed by atoms with Gasteiger partial charge in [-0.05, 0) is 53.9 Å². The monoisotopic (exact) mass is 313 g/mol. The van der Waals surface area contributed by atoms with Crippen LogP contribution >= 0.6 is 0 Å². The predicted molar refractivity (Wildman–Crippen MR) is 99.2 cm³/mol. The Morgan fingerprint density at radius 2 is 1.50 bits per heavy atom. The van der Waals surface area contributed by atoms with Gasteiger partial charge in [-0.25, -0.2) is 0 Å². The smallest absolute Gasteiger partial charge is 0.119 e. The number of hydrogen-bond donors (Lipinski definition) is 1. The lowest BCUT2D eigenvalue weighted by molar-refractivity contribution is 0.306. The molecule has 24 heavy (non-hydrogen) atoms. The lowest BCUT2D eigenvalue weighted by Crippen LogP contribution is -1.94. The molecule has 1 heterocycles. The molecule has 0 unspecified atom stereocenters. The summed E-state index contributed by atoms with van der Waals surface area (Å²) >= 11 is 0. The normalized spacial score (nSPS) is 10.9. The van der Waals surface area contributed by atoms with Crippen LogP contribution in [0.25, 0.3) is 22.2 Å². The van der Waals surface area contributed by atoms with E-state index in [2.05, 4.69) is 60.4 Å². The molecule has 4 rings (SSSR count). The molecule has 118 valence electrons. The van der Waals surface area contributed by atoms with Crippen LogP contribution in [0, 0.1) is 6.92 Å². The van der Waals surface area contributed by atoms with Crippen molar-refractivity contribution in [3.8, 4) is 17.0 Å². The number of aryl methyl sites for hydroxylation is 1. The molecular weight excluding hydrogens is 294 g/mol. The van der Waals surface area contributed by atoms with E-state index >= 15 is 0 Å². The van der Waals surface area contributed by atoms with E-state index in [0.29, 0.717) is 6.61 Å². The van der Waals surface area contributed by atoms with Crippen molar-refractivity contribution < 1.29 is 4.74 Å². The van der Waals surface area contributed by atoms with Gasteiger partial charge in [-0.3, -0.25) is 0 Å². The van der Waals surface area contributed by atoms with Gasteiger partial charge in [0.1, 0.15) is 12.4 Å². The number of fused-ring (bicyclic) bond motifs is 1.